The van der Waals surface area contributed by atoms with Crippen LogP contribution in [0.25, 0.3) is 0 Å². The number of nitrogens with zero attached hydrogens (tertiary/aromatic N) is 1. The first-order chi connectivity index (χ1) is 15.6. The van der Waals surface area contributed by atoms with Gasteiger partial charge in [-0.2, -0.15) is 0 Å². The number of hydrogen-bond donors (Lipinski definition) is 3. The maximum atomic E-state index is 13.6. The summed E-state index contributed by atoms with van der Waals surface area (Å²) in [5.74, 6) is -1.64. The first-order valence-electron chi connectivity index (χ1n) is 11.2. The van der Waals surface area contributed by atoms with E-state index in [9.17, 15) is 19.8 Å². The standard InChI is InChI=1S/C26H34N2O5/c1-25(2,3)33-24(32)28-20(16-29)21(19-13-9-6-10-14-19)22(26(28,4)17-30)23(31)27-15-18-11-7-5-8-12-18/h5-14,20-22,29-30H,15-17H2,1-4H3,(H,27,31)/t20-,21-,22-,26-/m1/s1. The maximum absolute atomic E-state index is 13.6. The molecule has 33 heavy (non-hydrogen) atoms. The second kappa shape index (κ2) is 9.93. The van der Waals surface area contributed by atoms with Gasteiger partial charge >= 0.3 is 6.09 Å². The Hall–Kier alpha value is -2.90. The minimum atomic E-state index is -1.28. The molecule has 0 spiro atoms. The Kier molecular flexibility index (Phi) is 7.44. The molecular weight excluding hydrogens is 420 g/mol. The number of carbonyl (C=O) groups excluding carboxylic acids is 2. The minimum Gasteiger partial charge on any atom is -0.444 e. The topological polar surface area (TPSA) is 99.1 Å². The van der Waals surface area contributed by atoms with Crippen molar-refractivity contribution in [2.24, 2.45) is 5.92 Å². The van der Waals surface area contributed by atoms with Gasteiger partial charge in [-0.05, 0) is 38.8 Å². The summed E-state index contributed by atoms with van der Waals surface area (Å²) in [6, 6.07) is 18.1. The van der Waals surface area contributed by atoms with Gasteiger partial charge < -0.3 is 20.3 Å². The molecule has 1 heterocycles. The zero-order valence-electron chi connectivity index (χ0n) is 19.7. The number of likely N-dealkylation sites (tertiary alicyclic amines) is 1. The van der Waals surface area contributed by atoms with E-state index in [1.165, 1.54) is 4.90 Å². The number of hydrogen-bond acceptors (Lipinski definition) is 5. The van der Waals surface area contributed by atoms with Crippen LogP contribution in [0, 0.1) is 5.92 Å². The molecule has 2 amide bonds. The van der Waals surface area contributed by atoms with E-state index in [4.69, 9.17) is 4.74 Å². The molecule has 1 aliphatic heterocycles. The molecule has 2 aromatic rings. The number of amides is 2. The monoisotopic (exact) mass is 454 g/mol. The first kappa shape index (κ1) is 24.7. The first-order valence-corrected chi connectivity index (χ1v) is 11.2. The molecule has 3 N–H and O–H groups in total. The smallest absolute Gasteiger partial charge is 0.411 e. The third kappa shape index (κ3) is 5.20. The highest BCUT2D eigenvalue weighted by Gasteiger charge is 2.61. The van der Waals surface area contributed by atoms with Crippen LogP contribution in [0.4, 0.5) is 4.79 Å². The summed E-state index contributed by atoms with van der Waals surface area (Å²) in [5, 5.41) is 23.9. The van der Waals surface area contributed by atoms with Crippen LogP contribution in [0.1, 0.15) is 44.7 Å². The van der Waals surface area contributed by atoms with Crippen LogP contribution in [0.5, 0.6) is 0 Å². The van der Waals surface area contributed by atoms with E-state index >= 15 is 0 Å². The number of nitrogens with one attached hydrogen (secondary N) is 1. The van der Waals surface area contributed by atoms with E-state index in [0.29, 0.717) is 6.54 Å². The molecule has 0 saturated carbocycles. The van der Waals surface area contributed by atoms with Gasteiger partial charge in [0.2, 0.25) is 5.91 Å². The summed E-state index contributed by atoms with van der Waals surface area (Å²) in [4.78, 5) is 28.3. The average molecular weight is 455 g/mol. The normalized spacial score (nSPS) is 25.0. The van der Waals surface area contributed by atoms with Gasteiger partial charge in [0.1, 0.15) is 5.60 Å². The molecule has 0 aromatic heterocycles. The van der Waals surface area contributed by atoms with Crippen molar-refractivity contribution in [1.82, 2.24) is 10.2 Å². The molecule has 2 aromatic carbocycles. The number of benzene rings is 2. The lowest BCUT2D eigenvalue weighted by Crippen LogP contribution is -2.57. The van der Waals surface area contributed by atoms with Gasteiger partial charge in [-0.3, -0.25) is 9.69 Å². The number of aliphatic hydroxyl groups excluding tert-OH is 2. The third-order valence-electron chi connectivity index (χ3n) is 6.20. The zero-order valence-corrected chi connectivity index (χ0v) is 19.7. The molecule has 1 aliphatic rings. The molecule has 0 bridgehead atoms. The van der Waals surface area contributed by atoms with Crippen LogP contribution < -0.4 is 5.32 Å². The quantitative estimate of drug-likeness (QED) is 0.623. The minimum absolute atomic E-state index is 0.297. The molecule has 3 rings (SSSR count). The average Bonchev–Trinajstić information content (AvgIpc) is 3.06. The fourth-order valence-corrected chi connectivity index (χ4v) is 4.75. The molecule has 1 saturated heterocycles. The van der Waals surface area contributed by atoms with Crippen molar-refractivity contribution in [2.45, 2.75) is 57.3 Å². The molecule has 7 heteroatoms. The summed E-state index contributed by atoms with van der Waals surface area (Å²) in [7, 11) is 0. The van der Waals surface area contributed by atoms with Crippen LogP contribution in [-0.4, -0.2) is 57.5 Å². The fraction of sp³-hybridized carbons (Fsp3) is 0.462. The van der Waals surface area contributed by atoms with Gasteiger partial charge in [-0.15, -0.1) is 0 Å². The lowest BCUT2D eigenvalue weighted by atomic mass is 9.76. The Labute approximate surface area is 195 Å². The molecular formula is C26H34N2O5. The second-order valence-electron chi connectivity index (χ2n) is 9.73. The Bertz CT molecular complexity index is 944. The van der Waals surface area contributed by atoms with Crippen molar-refractivity contribution in [3.8, 4) is 0 Å². The van der Waals surface area contributed by atoms with Crippen LogP contribution in [0.3, 0.4) is 0 Å². The van der Waals surface area contributed by atoms with E-state index < -0.39 is 41.7 Å². The highest BCUT2D eigenvalue weighted by atomic mass is 16.6. The van der Waals surface area contributed by atoms with E-state index in [1.807, 2.05) is 60.7 Å². The lowest BCUT2D eigenvalue weighted by molar-refractivity contribution is -0.129. The van der Waals surface area contributed by atoms with Gasteiger partial charge in [0, 0.05) is 12.5 Å². The van der Waals surface area contributed by atoms with Crippen molar-refractivity contribution in [1.29, 1.82) is 0 Å². The van der Waals surface area contributed by atoms with Gasteiger partial charge in [-0.1, -0.05) is 60.7 Å². The van der Waals surface area contributed by atoms with E-state index in [2.05, 4.69) is 5.32 Å². The summed E-state index contributed by atoms with van der Waals surface area (Å²) in [5.41, 5.74) is -0.309. The third-order valence-corrected chi connectivity index (χ3v) is 6.20. The summed E-state index contributed by atoms with van der Waals surface area (Å²) in [6.45, 7) is 6.41. The predicted molar refractivity (Wildman–Crippen MR) is 125 cm³/mol. The molecule has 4 atom stereocenters. The molecule has 0 aliphatic carbocycles. The van der Waals surface area contributed by atoms with Crippen LogP contribution in [-0.2, 0) is 16.1 Å². The largest absolute Gasteiger partial charge is 0.444 e. The molecule has 1 fully saturated rings. The SMILES string of the molecule is CC(C)(C)OC(=O)N1[C@H](CO)[C@@H](c2ccccc2)[C@H](C(=O)NCc2ccccc2)[C@@]1(C)CO. The van der Waals surface area contributed by atoms with Crippen LogP contribution >= 0.6 is 0 Å². The number of rotatable bonds is 6. The molecule has 178 valence electrons. The number of aliphatic hydroxyl groups is 2. The van der Waals surface area contributed by atoms with Crippen molar-refractivity contribution in [2.75, 3.05) is 13.2 Å². The van der Waals surface area contributed by atoms with Crippen molar-refractivity contribution in [3.63, 3.8) is 0 Å². The molecule has 7 nitrogen and oxygen atoms in total. The lowest BCUT2D eigenvalue weighted by Gasteiger charge is -2.39. The van der Waals surface area contributed by atoms with Gasteiger partial charge in [0.15, 0.2) is 0 Å². The fourth-order valence-electron chi connectivity index (χ4n) is 4.75. The van der Waals surface area contributed by atoms with Gasteiger partial charge in [0.05, 0.1) is 30.7 Å². The zero-order chi connectivity index (χ0) is 24.2. The Morgan fingerprint density at radius 3 is 2.12 bits per heavy atom. The highest BCUT2D eigenvalue weighted by Crippen LogP contribution is 2.49. The Morgan fingerprint density at radius 2 is 1.61 bits per heavy atom. The summed E-state index contributed by atoms with van der Waals surface area (Å²) in [6.07, 6.45) is -0.669. The predicted octanol–water partition coefficient (Wildman–Crippen LogP) is 3.07. The molecule has 0 unspecified atom stereocenters. The number of ether oxygens (including phenoxy) is 1. The maximum Gasteiger partial charge on any atom is 0.411 e. The van der Waals surface area contributed by atoms with Crippen LogP contribution in [0.15, 0.2) is 60.7 Å². The van der Waals surface area contributed by atoms with Gasteiger partial charge in [-0.25, -0.2) is 4.79 Å². The van der Waals surface area contributed by atoms with E-state index in [0.717, 1.165) is 11.1 Å². The van der Waals surface area contributed by atoms with Crippen LogP contribution in [0.2, 0.25) is 0 Å². The van der Waals surface area contributed by atoms with E-state index in [1.54, 1.807) is 27.7 Å². The highest BCUT2D eigenvalue weighted by molar-refractivity contribution is 5.84. The number of carbonyl (C=O) groups is 2. The van der Waals surface area contributed by atoms with Gasteiger partial charge in [0.25, 0.3) is 0 Å². The second-order valence-corrected chi connectivity index (χ2v) is 9.73. The summed E-state index contributed by atoms with van der Waals surface area (Å²) < 4.78 is 5.63. The Balaban J connectivity index is 2.03. The van der Waals surface area contributed by atoms with Crippen molar-refractivity contribution >= 4 is 12.0 Å². The Morgan fingerprint density at radius 1 is 1.03 bits per heavy atom. The van der Waals surface area contributed by atoms with E-state index in [-0.39, 0.29) is 12.5 Å². The van der Waals surface area contributed by atoms with Crippen molar-refractivity contribution in [3.05, 3.63) is 71.8 Å². The van der Waals surface area contributed by atoms with Crippen molar-refractivity contribution < 1.29 is 24.5 Å². The summed E-state index contributed by atoms with van der Waals surface area (Å²) >= 11 is 0. The molecule has 0 radical (unpaired) electrons.